The van der Waals surface area contributed by atoms with Crippen LogP contribution in [0.1, 0.15) is 46.9 Å². The fourth-order valence-corrected chi connectivity index (χ4v) is 5.18. The van der Waals surface area contributed by atoms with E-state index in [2.05, 4.69) is 11.4 Å². The highest BCUT2D eigenvalue weighted by Gasteiger charge is 2.29. The lowest BCUT2D eigenvalue weighted by molar-refractivity contribution is -0.129. The van der Waals surface area contributed by atoms with Crippen LogP contribution in [0.4, 0.5) is 0 Å². The molecule has 1 aliphatic rings. The number of carbonyl (C=O) groups is 2. The molecular formula is C23H29N3O4S. The van der Waals surface area contributed by atoms with Gasteiger partial charge in [-0.25, -0.2) is 8.42 Å². The van der Waals surface area contributed by atoms with Gasteiger partial charge in [-0.2, -0.15) is 4.31 Å². The minimum atomic E-state index is -3.67. The number of sulfonamides is 1. The second-order valence-electron chi connectivity index (χ2n) is 7.99. The van der Waals surface area contributed by atoms with Crippen molar-refractivity contribution in [1.82, 2.24) is 14.5 Å². The van der Waals surface area contributed by atoms with E-state index in [1.54, 1.807) is 4.90 Å². The third-order valence-corrected chi connectivity index (χ3v) is 7.60. The van der Waals surface area contributed by atoms with E-state index in [0.717, 1.165) is 16.7 Å². The van der Waals surface area contributed by atoms with Crippen molar-refractivity contribution in [3.63, 3.8) is 0 Å². The number of hydrogen-bond acceptors (Lipinski definition) is 4. The summed E-state index contributed by atoms with van der Waals surface area (Å²) in [4.78, 5) is 25.9. The van der Waals surface area contributed by atoms with Gasteiger partial charge in [-0.05, 0) is 56.2 Å². The zero-order valence-electron chi connectivity index (χ0n) is 18.4. The lowest BCUT2D eigenvalue weighted by Crippen LogP contribution is -2.49. The molecule has 0 spiro atoms. The van der Waals surface area contributed by atoms with Gasteiger partial charge in [-0.3, -0.25) is 9.59 Å². The number of piperazine rings is 1. The highest BCUT2D eigenvalue weighted by atomic mass is 32.2. The van der Waals surface area contributed by atoms with Crippen molar-refractivity contribution in [2.45, 2.75) is 38.6 Å². The van der Waals surface area contributed by atoms with Crippen LogP contribution >= 0.6 is 0 Å². The maximum absolute atomic E-state index is 12.9. The Morgan fingerprint density at radius 2 is 1.58 bits per heavy atom. The molecule has 2 aromatic carbocycles. The number of aryl methyl sites for hydroxylation is 2. The quantitative estimate of drug-likeness (QED) is 0.770. The molecule has 166 valence electrons. The van der Waals surface area contributed by atoms with Crippen LogP contribution in [0.2, 0.25) is 0 Å². The SMILES string of the molecule is CC(=O)N1CCN(S(=O)(=O)c2ccc(C(=O)NC(C)c3cc(C)ccc3C)cc2)CC1. The average Bonchev–Trinajstić information content (AvgIpc) is 2.75. The summed E-state index contributed by atoms with van der Waals surface area (Å²) in [6, 6.07) is 11.9. The maximum atomic E-state index is 12.9. The number of benzene rings is 2. The first-order valence-corrected chi connectivity index (χ1v) is 11.8. The number of rotatable bonds is 5. The van der Waals surface area contributed by atoms with E-state index in [1.165, 1.54) is 35.5 Å². The van der Waals surface area contributed by atoms with Crippen molar-refractivity contribution in [3.8, 4) is 0 Å². The summed E-state index contributed by atoms with van der Waals surface area (Å²) in [5, 5.41) is 2.98. The van der Waals surface area contributed by atoms with E-state index in [9.17, 15) is 18.0 Å². The highest BCUT2D eigenvalue weighted by Crippen LogP contribution is 2.21. The smallest absolute Gasteiger partial charge is 0.251 e. The molecule has 31 heavy (non-hydrogen) atoms. The Bertz CT molecular complexity index is 1070. The second kappa shape index (κ2) is 9.20. The van der Waals surface area contributed by atoms with Crippen LogP contribution in [0.5, 0.6) is 0 Å². The van der Waals surface area contributed by atoms with Gasteiger partial charge in [0, 0.05) is 38.7 Å². The van der Waals surface area contributed by atoms with Crippen LogP contribution in [0.25, 0.3) is 0 Å². The summed E-state index contributed by atoms with van der Waals surface area (Å²) in [5.41, 5.74) is 3.68. The molecule has 0 saturated carbocycles. The molecule has 1 saturated heterocycles. The monoisotopic (exact) mass is 443 g/mol. The summed E-state index contributed by atoms with van der Waals surface area (Å²) >= 11 is 0. The van der Waals surface area contributed by atoms with Crippen molar-refractivity contribution in [3.05, 3.63) is 64.7 Å². The van der Waals surface area contributed by atoms with E-state index in [1.807, 2.05) is 32.9 Å². The first-order valence-electron chi connectivity index (χ1n) is 10.3. The summed E-state index contributed by atoms with van der Waals surface area (Å²) in [6.07, 6.45) is 0. The van der Waals surface area contributed by atoms with Crippen LogP contribution in [0.3, 0.4) is 0 Å². The van der Waals surface area contributed by atoms with Gasteiger partial charge in [0.2, 0.25) is 15.9 Å². The summed E-state index contributed by atoms with van der Waals surface area (Å²) in [5.74, 6) is -0.310. The molecule has 0 bridgehead atoms. The zero-order chi connectivity index (χ0) is 22.8. The van der Waals surface area contributed by atoms with Gasteiger partial charge in [0.1, 0.15) is 0 Å². The molecule has 1 heterocycles. The van der Waals surface area contributed by atoms with Crippen LogP contribution in [-0.2, 0) is 14.8 Å². The van der Waals surface area contributed by atoms with Gasteiger partial charge in [-0.1, -0.05) is 23.8 Å². The fourth-order valence-electron chi connectivity index (χ4n) is 3.75. The Hall–Kier alpha value is -2.71. The third-order valence-electron chi connectivity index (χ3n) is 5.69. The average molecular weight is 444 g/mol. The van der Waals surface area contributed by atoms with E-state index < -0.39 is 10.0 Å². The Labute approximate surface area is 184 Å². The first-order chi connectivity index (χ1) is 14.6. The Morgan fingerprint density at radius 1 is 0.968 bits per heavy atom. The van der Waals surface area contributed by atoms with E-state index in [0.29, 0.717) is 18.7 Å². The van der Waals surface area contributed by atoms with Gasteiger partial charge in [0.25, 0.3) is 5.91 Å². The van der Waals surface area contributed by atoms with Gasteiger partial charge in [-0.15, -0.1) is 0 Å². The van der Waals surface area contributed by atoms with Crippen LogP contribution < -0.4 is 5.32 Å². The molecule has 8 heteroatoms. The molecule has 1 aliphatic heterocycles. The number of nitrogens with one attached hydrogen (secondary N) is 1. The molecule has 1 N–H and O–H groups in total. The Balaban J connectivity index is 1.68. The minimum Gasteiger partial charge on any atom is -0.346 e. The predicted molar refractivity (Wildman–Crippen MR) is 119 cm³/mol. The number of nitrogens with zero attached hydrogens (tertiary/aromatic N) is 2. The molecule has 1 fully saturated rings. The predicted octanol–water partition coefficient (Wildman–Crippen LogP) is 2.65. The normalized spacial score (nSPS) is 16.1. The lowest BCUT2D eigenvalue weighted by Gasteiger charge is -2.33. The van der Waals surface area contributed by atoms with Gasteiger partial charge < -0.3 is 10.2 Å². The van der Waals surface area contributed by atoms with E-state index in [-0.39, 0.29) is 35.8 Å². The number of carbonyl (C=O) groups excluding carboxylic acids is 2. The van der Waals surface area contributed by atoms with Crippen molar-refractivity contribution in [2.75, 3.05) is 26.2 Å². The molecule has 0 radical (unpaired) electrons. The summed E-state index contributed by atoms with van der Waals surface area (Å²) in [7, 11) is -3.67. The highest BCUT2D eigenvalue weighted by molar-refractivity contribution is 7.89. The van der Waals surface area contributed by atoms with Gasteiger partial charge in [0.05, 0.1) is 10.9 Å². The molecule has 0 aliphatic carbocycles. The fraction of sp³-hybridized carbons (Fsp3) is 0.391. The lowest BCUT2D eigenvalue weighted by atomic mass is 10.00. The molecule has 2 amide bonds. The van der Waals surface area contributed by atoms with Crippen molar-refractivity contribution >= 4 is 21.8 Å². The molecule has 0 aromatic heterocycles. The van der Waals surface area contributed by atoms with Crippen LogP contribution in [-0.4, -0.2) is 55.6 Å². The number of hydrogen-bond donors (Lipinski definition) is 1. The third kappa shape index (κ3) is 5.14. The molecule has 3 rings (SSSR count). The second-order valence-corrected chi connectivity index (χ2v) is 9.93. The maximum Gasteiger partial charge on any atom is 0.251 e. The Kier molecular flexibility index (Phi) is 6.81. The molecule has 1 atom stereocenters. The van der Waals surface area contributed by atoms with Crippen LogP contribution in [0, 0.1) is 13.8 Å². The first kappa shape index (κ1) is 23.0. The summed E-state index contributed by atoms with van der Waals surface area (Å²) in [6.45, 7) is 8.71. The van der Waals surface area contributed by atoms with Gasteiger partial charge >= 0.3 is 0 Å². The van der Waals surface area contributed by atoms with E-state index in [4.69, 9.17) is 0 Å². The van der Waals surface area contributed by atoms with Crippen molar-refractivity contribution in [1.29, 1.82) is 0 Å². The molecule has 7 nitrogen and oxygen atoms in total. The van der Waals surface area contributed by atoms with E-state index >= 15 is 0 Å². The topological polar surface area (TPSA) is 86.8 Å². The standard InChI is InChI=1S/C23H29N3O4S/c1-16-5-6-17(2)22(15-16)18(3)24-23(28)20-7-9-21(10-8-20)31(29,30)26-13-11-25(12-14-26)19(4)27/h5-10,15,18H,11-14H2,1-4H3,(H,24,28). The Morgan fingerprint density at radius 3 is 2.16 bits per heavy atom. The molecule has 2 aromatic rings. The number of amides is 2. The largest absolute Gasteiger partial charge is 0.346 e. The van der Waals surface area contributed by atoms with Crippen molar-refractivity contribution < 1.29 is 18.0 Å². The van der Waals surface area contributed by atoms with Crippen molar-refractivity contribution in [2.24, 2.45) is 0 Å². The van der Waals surface area contributed by atoms with Crippen LogP contribution in [0.15, 0.2) is 47.4 Å². The van der Waals surface area contributed by atoms with Gasteiger partial charge in [0.15, 0.2) is 0 Å². The molecular weight excluding hydrogens is 414 g/mol. The molecule has 1 unspecified atom stereocenters. The summed E-state index contributed by atoms with van der Waals surface area (Å²) < 4.78 is 27.2. The minimum absolute atomic E-state index is 0.0532. The zero-order valence-corrected chi connectivity index (χ0v) is 19.2.